The van der Waals surface area contributed by atoms with Crippen LogP contribution in [-0.4, -0.2) is 37.2 Å². The summed E-state index contributed by atoms with van der Waals surface area (Å²) in [7, 11) is 1.77. The minimum absolute atomic E-state index is 0. The molecule has 0 aliphatic carbocycles. The Morgan fingerprint density at radius 1 is 1.42 bits per heavy atom. The van der Waals surface area contributed by atoms with E-state index in [4.69, 9.17) is 15.2 Å². The normalized spacial score (nSPS) is 13.6. The van der Waals surface area contributed by atoms with Gasteiger partial charge in [0.05, 0.1) is 6.42 Å². The van der Waals surface area contributed by atoms with Crippen molar-refractivity contribution < 1.29 is 14.3 Å². The first-order valence-electron chi connectivity index (χ1n) is 5.96. The number of hydrogen-bond acceptors (Lipinski definition) is 4. The van der Waals surface area contributed by atoms with Crippen LogP contribution in [0.5, 0.6) is 11.5 Å². The molecule has 0 saturated heterocycles. The van der Waals surface area contributed by atoms with Crippen LogP contribution < -0.4 is 15.2 Å². The highest BCUT2D eigenvalue weighted by Gasteiger charge is 2.17. The van der Waals surface area contributed by atoms with Crippen LogP contribution in [0.3, 0.4) is 0 Å². The van der Waals surface area contributed by atoms with E-state index in [1.807, 2.05) is 25.1 Å². The Balaban J connectivity index is 0.00000180. The predicted molar refractivity (Wildman–Crippen MR) is 74.8 cm³/mol. The predicted octanol–water partition coefficient (Wildman–Crippen LogP) is 1.19. The van der Waals surface area contributed by atoms with Crippen LogP contribution in [0.2, 0.25) is 0 Å². The van der Waals surface area contributed by atoms with Gasteiger partial charge in [-0.05, 0) is 24.6 Å². The third-order valence-electron chi connectivity index (χ3n) is 3.19. The number of benzene rings is 1. The van der Waals surface area contributed by atoms with Gasteiger partial charge < -0.3 is 20.1 Å². The molecule has 6 heteroatoms. The Morgan fingerprint density at radius 3 is 2.79 bits per heavy atom. The van der Waals surface area contributed by atoms with E-state index in [2.05, 4.69) is 0 Å². The molecule has 0 saturated carbocycles. The molecule has 0 radical (unpaired) electrons. The standard InChI is InChI=1S/C13H18N2O3.ClH/c1-9(7-14)15(2)13(16)6-10-3-4-11-12(5-10)18-8-17-11;/h3-5,9H,6-8,14H2,1-2H3;1H. The number of nitrogens with two attached hydrogens (primary N) is 1. The van der Waals surface area contributed by atoms with Crippen molar-refractivity contribution in [3.8, 4) is 11.5 Å². The largest absolute Gasteiger partial charge is 0.454 e. The van der Waals surface area contributed by atoms with Gasteiger partial charge in [0.1, 0.15) is 0 Å². The highest BCUT2D eigenvalue weighted by molar-refractivity contribution is 5.85. The van der Waals surface area contributed by atoms with Gasteiger partial charge in [0.15, 0.2) is 11.5 Å². The van der Waals surface area contributed by atoms with Crippen LogP contribution in [0.15, 0.2) is 18.2 Å². The smallest absolute Gasteiger partial charge is 0.231 e. The first-order valence-corrected chi connectivity index (χ1v) is 5.96. The van der Waals surface area contributed by atoms with E-state index in [1.54, 1.807) is 11.9 Å². The van der Waals surface area contributed by atoms with Crippen molar-refractivity contribution >= 4 is 18.3 Å². The molecule has 1 amide bonds. The van der Waals surface area contributed by atoms with Crippen molar-refractivity contribution in [1.82, 2.24) is 4.90 Å². The molecule has 19 heavy (non-hydrogen) atoms. The second kappa shape index (κ2) is 6.63. The summed E-state index contributed by atoms with van der Waals surface area (Å²) in [6.07, 6.45) is 0.345. The average molecular weight is 287 g/mol. The molecular formula is C13H19ClN2O3. The Morgan fingerprint density at radius 2 is 2.11 bits per heavy atom. The maximum absolute atomic E-state index is 12.0. The Hall–Kier alpha value is -1.46. The van der Waals surface area contributed by atoms with Gasteiger partial charge in [0, 0.05) is 19.6 Å². The van der Waals surface area contributed by atoms with Gasteiger partial charge in [-0.3, -0.25) is 4.79 Å². The van der Waals surface area contributed by atoms with E-state index in [9.17, 15) is 4.79 Å². The van der Waals surface area contributed by atoms with Crippen LogP contribution in [0.1, 0.15) is 12.5 Å². The summed E-state index contributed by atoms with van der Waals surface area (Å²) in [4.78, 5) is 13.7. The topological polar surface area (TPSA) is 64.8 Å². The highest BCUT2D eigenvalue weighted by Crippen LogP contribution is 2.32. The molecule has 5 nitrogen and oxygen atoms in total. The van der Waals surface area contributed by atoms with Crippen molar-refractivity contribution in [2.24, 2.45) is 5.73 Å². The minimum atomic E-state index is 0. The second-order valence-electron chi connectivity index (χ2n) is 4.45. The molecule has 1 atom stereocenters. The van der Waals surface area contributed by atoms with Gasteiger partial charge in [0.2, 0.25) is 12.7 Å². The number of carbonyl (C=O) groups excluding carboxylic acids is 1. The highest BCUT2D eigenvalue weighted by atomic mass is 35.5. The maximum Gasteiger partial charge on any atom is 0.231 e. The lowest BCUT2D eigenvalue weighted by Crippen LogP contribution is -2.40. The lowest BCUT2D eigenvalue weighted by atomic mass is 10.1. The van der Waals surface area contributed by atoms with Gasteiger partial charge >= 0.3 is 0 Å². The zero-order chi connectivity index (χ0) is 13.1. The summed E-state index contributed by atoms with van der Waals surface area (Å²) in [6, 6.07) is 5.61. The molecule has 106 valence electrons. The molecule has 0 aromatic heterocycles. The zero-order valence-corrected chi connectivity index (χ0v) is 11.9. The van der Waals surface area contributed by atoms with Crippen molar-refractivity contribution in [3.05, 3.63) is 23.8 Å². The van der Waals surface area contributed by atoms with Crippen LogP contribution in [0.25, 0.3) is 0 Å². The van der Waals surface area contributed by atoms with Crippen molar-refractivity contribution in [2.45, 2.75) is 19.4 Å². The molecule has 1 unspecified atom stereocenters. The number of fused-ring (bicyclic) bond motifs is 1. The second-order valence-corrected chi connectivity index (χ2v) is 4.45. The third-order valence-corrected chi connectivity index (χ3v) is 3.19. The number of amides is 1. The van der Waals surface area contributed by atoms with Crippen LogP contribution in [0.4, 0.5) is 0 Å². The summed E-state index contributed by atoms with van der Waals surface area (Å²) >= 11 is 0. The van der Waals surface area contributed by atoms with E-state index < -0.39 is 0 Å². The number of halogens is 1. The van der Waals surface area contributed by atoms with Crippen LogP contribution in [-0.2, 0) is 11.2 Å². The first-order chi connectivity index (χ1) is 8.61. The first kappa shape index (κ1) is 15.6. The number of likely N-dealkylation sites (N-methyl/N-ethyl adjacent to an activating group) is 1. The fourth-order valence-corrected chi connectivity index (χ4v) is 1.75. The van der Waals surface area contributed by atoms with Crippen molar-refractivity contribution in [2.75, 3.05) is 20.4 Å². The number of ether oxygens (including phenoxy) is 2. The molecule has 1 aliphatic rings. The molecular weight excluding hydrogens is 268 g/mol. The summed E-state index contributed by atoms with van der Waals surface area (Å²) in [5.74, 6) is 1.48. The van der Waals surface area contributed by atoms with E-state index >= 15 is 0 Å². The van der Waals surface area contributed by atoms with E-state index in [0.717, 1.165) is 11.3 Å². The Labute approximate surface area is 119 Å². The fraction of sp³-hybridized carbons (Fsp3) is 0.462. The number of hydrogen-bond donors (Lipinski definition) is 1. The van der Waals surface area contributed by atoms with Gasteiger partial charge in [-0.2, -0.15) is 0 Å². The zero-order valence-electron chi connectivity index (χ0n) is 11.1. The van der Waals surface area contributed by atoms with E-state index in [1.165, 1.54) is 0 Å². The minimum Gasteiger partial charge on any atom is -0.454 e. The molecule has 1 aromatic rings. The van der Waals surface area contributed by atoms with Gasteiger partial charge in [-0.15, -0.1) is 12.4 Å². The molecule has 0 bridgehead atoms. The monoisotopic (exact) mass is 286 g/mol. The summed E-state index contributed by atoms with van der Waals surface area (Å²) in [5.41, 5.74) is 6.46. The molecule has 1 aliphatic heterocycles. The van der Waals surface area contributed by atoms with Crippen molar-refractivity contribution in [1.29, 1.82) is 0 Å². The fourth-order valence-electron chi connectivity index (χ4n) is 1.75. The Bertz CT molecular complexity index is 454. The van der Waals surface area contributed by atoms with Gasteiger partial charge in [0.25, 0.3) is 0 Å². The van der Waals surface area contributed by atoms with E-state index in [-0.39, 0.29) is 31.1 Å². The molecule has 0 fully saturated rings. The number of carbonyl (C=O) groups is 1. The lowest BCUT2D eigenvalue weighted by molar-refractivity contribution is -0.130. The molecule has 2 rings (SSSR count). The quantitative estimate of drug-likeness (QED) is 0.903. The van der Waals surface area contributed by atoms with Crippen LogP contribution in [0, 0.1) is 0 Å². The molecule has 1 aromatic carbocycles. The third kappa shape index (κ3) is 3.52. The average Bonchev–Trinajstić information content (AvgIpc) is 2.84. The Kier molecular flexibility index (Phi) is 5.44. The maximum atomic E-state index is 12.0. The summed E-state index contributed by atoms with van der Waals surface area (Å²) < 4.78 is 10.5. The van der Waals surface area contributed by atoms with E-state index in [0.29, 0.717) is 18.7 Å². The van der Waals surface area contributed by atoms with Gasteiger partial charge in [-0.1, -0.05) is 6.07 Å². The van der Waals surface area contributed by atoms with Gasteiger partial charge in [-0.25, -0.2) is 0 Å². The molecule has 0 spiro atoms. The summed E-state index contributed by atoms with van der Waals surface area (Å²) in [6.45, 7) is 2.64. The lowest BCUT2D eigenvalue weighted by Gasteiger charge is -2.23. The number of rotatable bonds is 4. The molecule has 2 N–H and O–H groups in total. The summed E-state index contributed by atoms with van der Waals surface area (Å²) in [5, 5.41) is 0. The van der Waals surface area contributed by atoms with Crippen LogP contribution >= 0.6 is 12.4 Å². The van der Waals surface area contributed by atoms with Crippen molar-refractivity contribution in [3.63, 3.8) is 0 Å². The molecule has 1 heterocycles. The number of nitrogens with zero attached hydrogens (tertiary/aromatic N) is 1. The SMILES string of the molecule is CC(CN)N(C)C(=O)Cc1ccc2c(c1)OCO2.Cl.